The number of fused-ring (bicyclic) bond motifs is 8. The van der Waals surface area contributed by atoms with Gasteiger partial charge >= 0.3 is 0 Å². The lowest BCUT2D eigenvalue weighted by Gasteiger charge is -2.39. The number of aromatic nitrogens is 2. The standard InChI is InChI=1S/C40H41FN6O7/c1-46-34-12-9-26(19-32(34)45-40(46)42-14-16-51-2)39(50)47-15-13-35-33(22-47)44-38(49)30-18-25(8-11-31(30)41)24-5-4-6-28(17-24)53-23-37(48)43-21-27-7-10-29(54-35)20-36(27)52-3/h4-12,17-20,33,35H,13-16,21-23H2,1-3H3,(H,42,45)(H,43,48)(H,44,49)/t33-,35+/m1/s1. The van der Waals surface area contributed by atoms with E-state index in [1.807, 2.05) is 17.7 Å². The minimum absolute atomic E-state index is 0.0985. The van der Waals surface area contributed by atoms with E-state index in [1.165, 1.54) is 19.2 Å². The Bertz CT molecular complexity index is 2210. The Morgan fingerprint density at radius 3 is 2.70 bits per heavy atom. The van der Waals surface area contributed by atoms with Gasteiger partial charge in [-0.05, 0) is 65.7 Å². The second-order valence-corrected chi connectivity index (χ2v) is 13.2. The molecule has 14 heteroatoms. The van der Waals surface area contributed by atoms with Gasteiger partial charge < -0.3 is 44.4 Å². The van der Waals surface area contributed by atoms with Crippen LogP contribution in [0, 0.1) is 5.82 Å². The molecule has 3 N–H and O–H groups in total. The highest BCUT2D eigenvalue weighted by Crippen LogP contribution is 2.30. The number of carbonyl (C=O) groups is 3. The summed E-state index contributed by atoms with van der Waals surface area (Å²) in [5, 5.41) is 9.08. The second-order valence-electron chi connectivity index (χ2n) is 13.2. The molecule has 1 aromatic heterocycles. The van der Waals surface area contributed by atoms with Crippen molar-refractivity contribution in [3.05, 3.63) is 101 Å². The van der Waals surface area contributed by atoms with E-state index >= 15 is 4.39 Å². The van der Waals surface area contributed by atoms with E-state index in [4.69, 9.17) is 18.9 Å². The van der Waals surface area contributed by atoms with Gasteiger partial charge in [-0.1, -0.05) is 18.2 Å². The molecule has 0 saturated carbocycles. The summed E-state index contributed by atoms with van der Waals surface area (Å²) in [5.74, 6) is 0.113. The first-order valence-corrected chi connectivity index (χ1v) is 17.6. The van der Waals surface area contributed by atoms with E-state index in [-0.39, 0.29) is 37.1 Å². The molecule has 3 aliphatic rings. The second kappa shape index (κ2) is 15.8. The number of hydrogen-bond donors (Lipinski definition) is 3. The molecule has 6 bridgehead atoms. The SMILES string of the molecule is COCCNc1nc2cc(C(=O)N3CC[C@@H]4Oc5ccc(c(OC)c5)CNC(=O)COc5cccc(c5)-c5ccc(F)c(c5)C(=O)N[C@@H]4C3)ccc2n1C. The van der Waals surface area contributed by atoms with Crippen LogP contribution in [0.2, 0.25) is 0 Å². The lowest BCUT2D eigenvalue weighted by atomic mass is 9.98. The highest BCUT2D eigenvalue weighted by atomic mass is 19.1. The van der Waals surface area contributed by atoms with Crippen molar-refractivity contribution in [2.75, 3.05) is 52.4 Å². The molecule has 2 atom stereocenters. The number of halogens is 1. The highest BCUT2D eigenvalue weighted by molar-refractivity contribution is 5.98. The fourth-order valence-electron chi connectivity index (χ4n) is 6.74. The zero-order valence-corrected chi connectivity index (χ0v) is 30.2. The number of anilines is 1. The van der Waals surface area contributed by atoms with Gasteiger partial charge in [0, 0.05) is 64.0 Å². The minimum atomic E-state index is -0.722. The van der Waals surface area contributed by atoms with Crippen LogP contribution in [-0.2, 0) is 23.1 Å². The van der Waals surface area contributed by atoms with Crippen LogP contribution in [-0.4, -0.2) is 91.4 Å². The average molecular weight is 737 g/mol. The number of piperidine rings is 1. The summed E-state index contributed by atoms with van der Waals surface area (Å²) in [6.07, 6.45) is -0.219. The Hall–Kier alpha value is -6.15. The topological polar surface area (TPSA) is 145 Å². The van der Waals surface area contributed by atoms with E-state index in [0.717, 1.165) is 11.1 Å². The number of nitrogens with one attached hydrogen (secondary N) is 3. The maximum Gasteiger partial charge on any atom is 0.258 e. The van der Waals surface area contributed by atoms with Crippen LogP contribution in [0.15, 0.2) is 78.9 Å². The number of imidazole rings is 1. The Morgan fingerprint density at radius 2 is 1.87 bits per heavy atom. The highest BCUT2D eigenvalue weighted by Gasteiger charge is 2.35. The molecular weight excluding hydrogens is 695 g/mol. The largest absolute Gasteiger partial charge is 0.496 e. The van der Waals surface area contributed by atoms with Crippen molar-refractivity contribution in [1.82, 2.24) is 25.1 Å². The summed E-state index contributed by atoms with van der Waals surface area (Å²) >= 11 is 0. The zero-order chi connectivity index (χ0) is 37.8. The fraction of sp³-hybridized carbons (Fsp3) is 0.300. The summed E-state index contributed by atoms with van der Waals surface area (Å²) in [4.78, 5) is 47.0. The molecule has 0 spiro atoms. The van der Waals surface area contributed by atoms with Crippen LogP contribution in [0.5, 0.6) is 17.2 Å². The maximum absolute atomic E-state index is 15.4. The molecule has 1 saturated heterocycles. The van der Waals surface area contributed by atoms with Crippen LogP contribution in [0.4, 0.5) is 10.3 Å². The van der Waals surface area contributed by atoms with Gasteiger partial charge in [-0.2, -0.15) is 0 Å². The minimum Gasteiger partial charge on any atom is -0.496 e. The first kappa shape index (κ1) is 36.2. The van der Waals surface area contributed by atoms with Crippen LogP contribution in [0.3, 0.4) is 0 Å². The third-order valence-corrected chi connectivity index (χ3v) is 9.64. The number of benzene rings is 4. The summed E-state index contributed by atoms with van der Waals surface area (Å²) in [5.41, 5.74) is 3.74. The maximum atomic E-state index is 15.4. The molecule has 4 aromatic carbocycles. The molecule has 3 amide bonds. The molecule has 0 aliphatic carbocycles. The monoisotopic (exact) mass is 736 g/mol. The lowest BCUT2D eigenvalue weighted by molar-refractivity contribution is -0.123. The number of rotatable bonds is 6. The fourth-order valence-corrected chi connectivity index (χ4v) is 6.74. The van der Waals surface area contributed by atoms with E-state index in [1.54, 1.807) is 72.7 Å². The van der Waals surface area contributed by atoms with E-state index in [9.17, 15) is 14.4 Å². The lowest BCUT2D eigenvalue weighted by Crippen LogP contribution is -2.58. The Balaban J connectivity index is 1.20. The van der Waals surface area contributed by atoms with Crippen molar-refractivity contribution in [3.8, 4) is 28.4 Å². The third kappa shape index (κ3) is 7.78. The molecule has 3 aliphatic heterocycles. The number of hydrogen-bond acceptors (Lipinski definition) is 9. The molecule has 13 nitrogen and oxygen atoms in total. The molecule has 1 fully saturated rings. The number of aryl methyl sites for hydroxylation is 1. The number of amides is 3. The Labute approximate surface area is 311 Å². The first-order valence-electron chi connectivity index (χ1n) is 17.6. The van der Waals surface area contributed by atoms with Crippen molar-refractivity contribution in [2.45, 2.75) is 25.1 Å². The van der Waals surface area contributed by atoms with E-state index in [2.05, 4.69) is 20.9 Å². The van der Waals surface area contributed by atoms with Gasteiger partial charge in [-0.15, -0.1) is 0 Å². The summed E-state index contributed by atoms with van der Waals surface area (Å²) in [6, 6.07) is 21.2. The van der Waals surface area contributed by atoms with Crippen LogP contribution < -0.4 is 30.2 Å². The average Bonchev–Trinajstić information content (AvgIpc) is 3.50. The molecule has 0 unspecified atom stereocenters. The van der Waals surface area contributed by atoms with Crippen LogP contribution in [0.25, 0.3) is 22.2 Å². The Kier molecular flexibility index (Phi) is 10.6. The van der Waals surface area contributed by atoms with Gasteiger partial charge in [0.05, 0.1) is 36.4 Å². The van der Waals surface area contributed by atoms with Gasteiger partial charge in [0.15, 0.2) is 6.61 Å². The summed E-state index contributed by atoms with van der Waals surface area (Å²) < 4.78 is 40.2. The summed E-state index contributed by atoms with van der Waals surface area (Å²) in [7, 11) is 5.05. The predicted molar refractivity (Wildman–Crippen MR) is 199 cm³/mol. The predicted octanol–water partition coefficient (Wildman–Crippen LogP) is 4.55. The van der Waals surface area contributed by atoms with Crippen molar-refractivity contribution in [3.63, 3.8) is 0 Å². The van der Waals surface area contributed by atoms with Gasteiger partial charge in [-0.25, -0.2) is 9.37 Å². The van der Waals surface area contributed by atoms with Crippen molar-refractivity contribution in [1.29, 1.82) is 0 Å². The van der Waals surface area contributed by atoms with Gasteiger partial charge in [0.25, 0.3) is 17.7 Å². The Morgan fingerprint density at radius 1 is 1.02 bits per heavy atom. The molecular formula is C40H41FN6O7. The van der Waals surface area contributed by atoms with Crippen molar-refractivity contribution in [2.24, 2.45) is 7.05 Å². The number of likely N-dealkylation sites (tertiary alicyclic amines) is 1. The van der Waals surface area contributed by atoms with Gasteiger partial charge in [0.1, 0.15) is 29.2 Å². The van der Waals surface area contributed by atoms with E-state index < -0.39 is 23.9 Å². The first-order chi connectivity index (χ1) is 26.2. The third-order valence-electron chi connectivity index (χ3n) is 9.64. The smallest absolute Gasteiger partial charge is 0.258 e. The number of methoxy groups -OCH3 is 2. The molecule has 4 heterocycles. The molecule has 0 radical (unpaired) electrons. The summed E-state index contributed by atoms with van der Waals surface area (Å²) in [6.45, 7) is 1.50. The molecule has 5 aromatic rings. The number of nitrogens with zero attached hydrogens (tertiary/aromatic N) is 3. The molecule has 8 rings (SSSR count). The van der Waals surface area contributed by atoms with Gasteiger partial charge in [0.2, 0.25) is 5.95 Å². The van der Waals surface area contributed by atoms with Gasteiger partial charge in [-0.3, -0.25) is 14.4 Å². The van der Waals surface area contributed by atoms with Crippen LogP contribution >= 0.6 is 0 Å². The number of ether oxygens (including phenoxy) is 4. The quantitative estimate of drug-likeness (QED) is 0.214. The van der Waals surface area contributed by atoms with Crippen molar-refractivity contribution < 1.29 is 37.7 Å². The normalized spacial score (nSPS) is 17.4. The van der Waals surface area contributed by atoms with Crippen molar-refractivity contribution >= 4 is 34.7 Å². The van der Waals surface area contributed by atoms with E-state index in [0.29, 0.717) is 71.5 Å². The molecule has 54 heavy (non-hydrogen) atoms. The molecule has 280 valence electrons. The van der Waals surface area contributed by atoms with Crippen LogP contribution in [0.1, 0.15) is 32.7 Å². The zero-order valence-electron chi connectivity index (χ0n) is 30.2. The number of carbonyl (C=O) groups excluding carboxylic acids is 3.